The first-order chi connectivity index (χ1) is 15.0. The van der Waals surface area contributed by atoms with E-state index in [0.29, 0.717) is 17.2 Å². The van der Waals surface area contributed by atoms with E-state index in [2.05, 4.69) is 18.3 Å². The van der Waals surface area contributed by atoms with Crippen LogP contribution in [-0.2, 0) is 17.6 Å². The van der Waals surface area contributed by atoms with Crippen LogP contribution in [0, 0.1) is 0 Å². The van der Waals surface area contributed by atoms with Crippen molar-refractivity contribution in [2.75, 3.05) is 6.61 Å². The smallest absolute Gasteiger partial charge is 0.408 e. The zero-order chi connectivity index (χ0) is 23.8. The molecule has 5 nitrogen and oxygen atoms in total. The molecule has 0 saturated heterocycles. The number of rotatable bonds is 10. The summed E-state index contributed by atoms with van der Waals surface area (Å²) in [6.45, 7) is 9.20. The summed E-state index contributed by atoms with van der Waals surface area (Å²) < 4.78 is 11.4. The number of halogens is 1. The first-order valence-electron chi connectivity index (χ1n) is 11.2. The zero-order valence-electron chi connectivity index (χ0n) is 19.8. The molecular formula is C26H36ClNO4. The second-order valence-electron chi connectivity index (χ2n) is 9.41. The molecule has 176 valence electrons. The number of benzene rings is 2. The lowest BCUT2D eigenvalue weighted by atomic mass is 9.94. The largest absolute Gasteiger partial charge is 0.457 e. The van der Waals surface area contributed by atoms with E-state index in [-0.39, 0.29) is 6.61 Å². The minimum atomic E-state index is -0.763. The fraction of sp³-hybridized carbons (Fsp3) is 0.500. The van der Waals surface area contributed by atoms with Crippen LogP contribution < -0.4 is 10.1 Å². The van der Waals surface area contributed by atoms with Crippen molar-refractivity contribution in [2.45, 2.75) is 77.9 Å². The fourth-order valence-electron chi connectivity index (χ4n) is 3.40. The number of aryl methyl sites for hydroxylation is 2. The second kappa shape index (κ2) is 11.6. The highest BCUT2D eigenvalue weighted by Crippen LogP contribution is 2.30. The van der Waals surface area contributed by atoms with E-state index in [9.17, 15) is 9.90 Å². The monoisotopic (exact) mass is 461 g/mol. The van der Waals surface area contributed by atoms with E-state index in [1.54, 1.807) is 20.8 Å². The summed E-state index contributed by atoms with van der Waals surface area (Å²) in [6, 6.07) is 13.8. The summed E-state index contributed by atoms with van der Waals surface area (Å²) >= 11 is 6.52. The molecule has 2 N–H and O–H groups in total. The van der Waals surface area contributed by atoms with Crippen LogP contribution in [0.5, 0.6) is 11.5 Å². The van der Waals surface area contributed by atoms with Crippen molar-refractivity contribution in [3.63, 3.8) is 0 Å². The number of aliphatic hydroxyl groups is 1. The van der Waals surface area contributed by atoms with Gasteiger partial charge in [-0.3, -0.25) is 0 Å². The molecule has 1 atom stereocenters. The second-order valence-corrected chi connectivity index (χ2v) is 9.82. The molecule has 1 amide bonds. The quantitative estimate of drug-likeness (QED) is 0.414. The Kier molecular flexibility index (Phi) is 9.41. The van der Waals surface area contributed by atoms with Gasteiger partial charge in [0.2, 0.25) is 0 Å². The number of alkyl carbamates (subject to hydrolysis) is 1. The molecule has 0 radical (unpaired) electrons. The molecule has 32 heavy (non-hydrogen) atoms. The van der Waals surface area contributed by atoms with Crippen molar-refractivity contribution in [3.8, 4) is 11.5 Å². The molecule has 0 aromatic heterocycles. The number of para-hydroxylation sites is 1. The van der Waals surface area contributed by atoms with Gasteiger partial charge >= 0.3 is 6.09 Å². The van der Waals surface area contributed by atoms with Crippen molar-refractivity contribution < 1.29 is 19.4 Å². The topological polar surface area (TPSA) is 67.8 Å². The van der Waals surface area contributed by atoms with Gasteiger partial charge in [0, 0.05) is 5.02 Å². The van der Waals surface area contributed by atoms with Crippen LogP contribution in [0.15, 0.2) is 42.5 Å². The number of amides is 1. The molecular weight excluding hydrogens is 426 g/mol. The molecule has 6 heteroatoms. The summed E-state index contributed by atoms with van der Waals surface area (Å²) in [5.41, 5.74) is 0.824. The Morgan fingerprint density at radius 3 is 2.41 bits per heavy atom. The third-order valence-corrected chi connectivity index (χ3v) is 5.42. The van der Waals surface area contributed by atoms with Crippen molar-refractivity contribution in [1.29, 1.82) is 0 Å². The van der Waals surface area contributed by atoms with Crippen LogP contribution in [-0.4, -0.2) is 28.9 Å². The average molecular weight is 462 g/mol. The molecule has 0 aliphatic rings. The molecule has 0 heterocycles. The normalized spacial score (nSPS) is 13.3. The van der Waals surface area contributed by atoms with Crippen LogP contribution in [0.3, 0.4) is 0 Å². The Hall–Kier alpha value is -2.24. The molecule has 0 saturated carbocycles. The van der Waals surface area contributed by atoms with Gasteiger partial charge in [0.1, 0.15) is 17.1 Å². The summed E-state index contributed by atoms with van der Waals surface area (Å²) in [4.78, 5) is 12.1. The third kappa shape index (κ3) is 8.36. The standard InChI is InChI=1S/C26H36ClNO4/c1-6-10-20-11-7-8-13-23(20)31-21-15-14-19(22(27)17-21)12-9-16-26(5,18-29)28-24(30)32-25(2,3)4/h7-8,11,13-15,17,29H,6,9-10,12,16,18H2,1-5H3,(H,28,30)/t26-/m1/s1. The summed E-state index contributed by atoms with van der Waals surface area (Å²) in [6.07, 6.45) is 3.53. The third-order valence-electron chi connectivity index (χ3n) is 5.07. The van der Waals surface area contributed by atoms with Crippen molar-refractivity contribution in [3.05, 3.63) is 58.6 Å². The van der Waals surface area contributed by atoms with Gasteiger partial charge in [-0.1, -0.05) is 49.2 Å². The van der Waals surface area contributed by atoms with Gasteiger partial charge in [0.25, 0.3) is 0 Å². The van der Waals surface area contributed by atoms with Gasteiger partial charge in [-0.05, 0) is 82.7 Å². The van der Waals surface area contributed by atoms with Gasteiger partial charge in [-0.25, -0.2) is 4.79 Å². The molecule has 0 fully saturated rings. The number of hydrogen-bond acceptors (Lipinski definition) is 4. The predicted molar refractivity (Wildman–Crippen MR) is 130 cm³/mol. The number of carbonyl (C=O) groups excluding carboxylic acids is 1. The zero-order valence-corrected chi connectivity index (χ0v) is 20.6. The maximum atomic E-state index is 12.1. The Bertz CT molecular complexity index is 894. The Labute approximate surface area is 197 Å². The van der Waals surface area contributed by atoms with Gasteiger partial charge in [-0.2, -0.15) is 0 Å². The number of nitrogens with one attached hydrogen (secondary N) is 1. The van der Waals surface area contributed by atoms with E-state index < -0.39 is 17.2 Å². The minimum Gasteiger partial charge on any atom is -0.457 e. The van der Waals surface area contributed by atoms with Crippen LogP contribution in [0.4, 0.5) is 4.79 Å². The van der Waals surface area contributed by atoms with Crippen LogP contribution in [0.2, 0.25) is 5.02 Å². The molecule has 2 aromatic carbocycles. The molecule has 0 spiro atoms. The Balaban J connectivity index is 1.96. The molecule has 0 bridgehead atoms. The summed E-state index contributed by atoms with van der Waals surface area (Å²) in [7, 11) is 0. The van der Waals surface area contributed by atoms with Crippen molar-refractivity contribution in [1.82, 2.24) is 5.32 Å². The first-order valence-corrected chi connectivity index (χ1v) is 11.6. The molecule has 2 aromatic rings. The average Bonchev–Trinajstić information content (AvgIpc) is 2.70. The number of hydrogen-bond donors (Lipinski definition) is 2. The lowest BCUT2D eigenvalue weighted by Crippen LogP contribution is -2.50. The molecule has 2 rings (SSSR count). The Morgan fingerprint density at radius 2 is 1.78 bits per heavy atom. The summed E-state index contributed by atoms with van der Waals surface area (Å²) in [5, 5.41) is 13.2. The molecule has 0 aliphatic carbocycles. The molecule has 0 aliphatic heterocycles. The van der Waals surface area contributed by atoms with E-state index in [1.165, 1.54) is 5.56 Å². The fourth-order valence-corrected chi connectivity index (χ4v) is 3.67. The van der Waals surface area contributed by atoms with Crippen molar-refractivity contribution >= 4 is 17.7 Å². The van der Waals surface area contributed by atoms with E-state index >= 15 is 0 Å². The van der Waals surface area contributed by atoms with Gasteiger partial charge < -0.3 is 19.9 Å². The van der Waals surface area contributed by atoms with Crippen LogP contribution in [0.1, 0.15) is 65.0 Å². The highest BCUT2D eigenvalue weighted by Gasteiger charge is 2.28. The Morgan fingerprint density at radius 1 is 1.06 bits per heavy atom. The maximum absolute atomic E-state index is 12.1. The maximum Gasteiger partial charge on any atom is 0.408 e. The van der Waals surface area contributed by atoms with Crippen LogP contribution in [0.25, 0.3) is 0 Å². The first kappa shape index (κ1) is 26.0. The number of carbonyl (C=O) groups is 1. The van der Waals surface area contributed by atoms with Crippen LogP contribution >= 0.6 is 11.6 Å². The highest BCUT2D eigenvalue weighted by molar-refractivity contribution is 6.31. The van der Waals surface area contributed by atoms with Gasteiger partial charge in [0.05, 0.1) is 12.1 Å². The van der Waals surface area contributed by atoms with E-state index in [1.807, 2.05) is 43.3 Å². The number of aliphatic hydroxyl groups excluding tert-OH is 1. The van der Waals surface area contributed by atoms with E-state index in [4.69, 9.17) is 21.1 Å². The van der Waals surface area contributed by atoms with Gasteiger partial charge in [-0.15, -0.1) is 0 Å². The lowest BCUT2D eigenvalue weighted by Gasteiger charge is -2.30. The predicted octanol–water partition coefficient (Wildman–Crippen LogP) is 6.68. The summed E-state index contributed by atoms with van der Waals surface area (Å²) in [5.74, 6) is 1.55. The number of ether oxygens (including phenoxy) is 2. The van der Waals surface area contributed by atoms with E-state index in [0.717, 1.165) is 37.0 Å². The molecule has 0 unspecified atom stereocenters. The lowest BCUT2D eigenvalue weighted by molar-refractivity contribution is 0.0404. The minimum absolute atomic E-state index is 0.177. The van der Waals surface area contributed by atoms with Crippen molar-refractivity contribution in [2.24, 2.45) is 0 Å². The van der Waals surface area contributed by atoms with Gasteiger partial charge in [0.15, 0.2) is 0 Å². The SMILES string of the molecule is CCCc1ccccc1Oc1ccc(CCC[C@](C)(CO)NC(=O)OC(C)(C)C)c(Cl)c1. The highest BCUT2D eigenvalue weighted by atomic mass is 35.5.